The highest BCUT2D eigenvalue weighted by atomic mass is 35.5. The fourth-order valence-electron chi connectivity index (χ4n) is 3.69. The van der Waals surface area contributed by atoms with Gasteiger partial charge < -0.3 is 15.0 Å². The SMILES string of the molecule is Cc1c(C(=O)Nc2ccc(S(C)(=O)=O)cc2)cn(C(C)C(C)O)c1-c1ccc(Cl)cc1C(F)(F)F. The zero-order chi connectivity index (χ0) is 26.3. The van der Waals surface area contributed by atoms with Crippen molar-refractivity contribution in [1.82, 2.24) is 4.57 Å². The highest BCUT2D eigenvalue weighted by molar-refractivity contribution is 7.90. The van der Waals surface area contributed by atoms with Gasteiger partial charge in [0.05, 0.1) is 33.9 Å². The molecule has 2 unspecified atom stereocenters. The number of carbonyl (C=O) groups is 1. The zero-order valence-electron chi connectivity index (χ0n) is 19.3. The predicted octanol–water partition coefficient (Wildman–Crippen LogP) is 5.73. The molecule has 0 radical (unpaired) electrons. The largest absolute Gasteiger partial charge is 0.417 e. The second-order valence-electron chi connectivity index (χ2n) is 8.34. The van der Waals surface area contributed by atoms with Crippen molar-refractivity contribution in [2.24, 2.45) is 0 Å². The average Bonchev–Trinajstić information content (AvgIpc) is 3.09. The van der Waals surface area contributed by atoms with E-state index in [-0.39, 0.29) is 32.3 Å². The van der Waals surface area contributed by atoms with Gasteiger partial charge in [0.2, 0.25) is 0 Å². The first-order chi connectivity index (χ1) is 16.1. The van der Waals surface area contributed by atoms with Crippen molar-refractivity contribution in [2.75, 3.05) is 11.6 Å². The van der Waals surface area contributed by atoms with Crippen LogP contribution in [-0.2, 0) is 16.0 Å². The summed E-state index contributed by atoms with van der Waals surface area (Å²) in [5, 5.41) is 12.7. The first kappa shape index (κ1) is 26.8. The Balaban J connectivity index is 2.12. The first-order valence-corrected chi connectivity index (χ1v) is 12.8. The molecule has 1 heterocycles. The monoisotopic (exact) mass is 528 g/mol. The van der Waals surface area contributed by atoms with Gasteiger partial charge in [-0.15, -0.1) is 0 Å². The van der Waals surface area contributed by atoms with E-state index in [0.717, 1.165) is 12.3 Å². The number of amides is 1. The Kier molecular flexibility index (Phi) is 7.40. The summed E-state index contributed by atoms with van der Waals surface area (Å²) >= 11 is 5.84. The molecule has 188 valence electrons. The molecule has 3 rings (SSSR count). The average molecular weight is 529 g/mol. The van der Waals surface area contributed by atoms with E-state index in [1.54, 1.807) is 6.92 Å². The van der Waals surface area contributed by atoms with E-state index in [0.29, 0.717) is 5.69 Å². The Hall–Kier alpha value is -2.82. The lowest BCUT2D eigenvalue weighted by Gasteiger charge is -2.22. The third-order valence-electron chi connectivity index (χ3n) is 5.75. The molecule has 0 fully saturated rings. The molecule has 2 aromatic carbocycles. The minimum absolute atomic E-state index is 0.0771. The number of carbonyl (C=O) groups excluding carboxylic acids is 1. The van der Waals surface area contributed by atoms with Crippen molar-refractivity contribution in [1.29, 1.82) is 0 Å². The molecule has 0 bridgehead atoms. The van der Waals surface area contributed by atoms with Gasteiger partial charge in [-0.2, -0.15) is 13.2 Å². The van der Waals surface area contributed by atoms with Crippen LogP contribution in [0.3, 0.4) is 0 Å². The smallest absolute Gasteiger partial charge is 0.391 e. The maximum absolute atomic E-state index is 13.9. The maximum atomic E-state index is 13.9. The van der Waals surface area contributed by atoms with Crippen LogP contribution in [0.4, 0.5) is 18.9 Å². The summed E-state index contributed by atoms with van der Waals surface area (Å²) in [5.41, 5.74) is -0.336. The second kappa shape index (κ2) is 9.67. The van der Waals surface area contributed by atoms with Crippen molar-refractivity contribution < 1.29 is 31.5 Å². The molecule has 1 amide bonds. The summed E-state index contributed by atoms with van der Waals surface area (Å²) in [6, 6.07) is 8.26. The van der Waals surface area contributed by atoms with Crippen LogP contribution in [0.1, 0.15) is 41.4 Å². The van der Waals surface area contributed by atoms with Gasteiger partial charge in [-0.1, -0.05) is 17.7 Å². The molecule has 2 N–H and O–H groups in total. The minimum Gasteiger partial charge on any atom is -0.391 e. The topological polar surface area (TPSA) is 88.4 Å². The molecule has 6 nitrogen and oxygen atoms in total. The van der Waals surface area contributed by atoms with Crippen LogP contribution >= 0.6 is 11.6 Å². The third-order valence-corrected chi connectivity index (χ3v) is 7.11. The number of aliphatic hydroxyl groups is 1. The van der Waals surface area contributed by atoms with Crippen LogP contribution in [0.15, 0.2) is 53.6 Å². The summed E-state index contributed by atoms with van der Waals surface area (Å²) in [4.78, 5) is 13.2. The summed E-state index contributed by atoms with van der Waals surface area (Å²) < 4.78 is 66.3. The molecule has 0 saturated heterocycles. The number of hydrogen-bond donors (Lipinski definition) is 2. The van der Waals surface area contributed by atoms with Gasteiger partial charge in [0.15, 0.2) is 9.84 Å². The second-order valence-corrected chi connectivity index (χ2v) is 10.8. The molecule has 0 aliphatic carbocycles. The van der Waals surface area contributed by atoms with Crippen LogP contribution in [0.5, 0.6) is 0 Å². The highest BCUT2D eigenvalue weighted by Gasteiger charge is 2.36. The Labute approximate surface area is 206 Å². The maximum Gasteiger partial charge on any atom is 0.417 e. The molecule has 0 saturated carbocycles. The summed E-state index contributed by atoms with van der Waals surface area (Å²) in [6.45, 7) is 4.65. The Morgan fingerprint density at radius 2 is 1.71 bits per heavy atom. The molecule has 2 atom stereocenters. The number of anilines is 1. The lowest BCUT2D eigenvalue weighted by molar-refractivity contribution is -0.137. The van der Waals surface area contributed by atoms with E-state index >= 15 is 0 Å². The van der Waals surface area contributed by atoms with E-state index in [1.807, 2.05) is 0 Å². The lowest BCUT2D eigenvalue weighted by atomic mass is 9.99. The lowest BCUT2D eigenvalue weighted by Crippen LogP contribution is -2.19. The number of benzene rings is 2. The van der Waals surface area contributed by atoms with Gasteiger partial charge in [-0.05, 0) is 62.7 Å². The van der Waals surface area contributed by atoms with Crippen molar-refractivity contribution in [3.8, 4) is 11.3 Å². The number of halogens is 4. The third kappa shape index (κ3) is 5.71. The Bertz CT molecular complexity index is 1360. The molecule has 0 aliphatic heterocycles. The molecular formula is C24H24ClF3N2O4S. The number of hydrogen-bond acceptors (Lipinski definition) is 4. The van der Waals surface area contributed by atoms with Crippen LogP contribution < -0.4 is 5.32 Å². The van der Waals surface area contributed by atoms with Crippen LogP contribution in [0, 0.1) is 6.92 Å². The van der Waals surface area contributed by atoms with Crippen LogP contribution in [0.25, 0.3) is 11.3 Å². The van der Waals surface area contributed by atoms with Crippen molar-refractivity contribution >= 4 is 33.0 Å². The van der Waals surface area contributed by atoms with E-state index in [1.165, 1.54) is 61.0 Å². The fraction of sp³-hybridized carbons (Fsp3) is 0.292. The first-order valence-electron chi connectivity index (χ1n) is 10.5. The fourth-order valence-corrected chi connectivity index (χ4v) is 4.49. The number of sulfone groups is 1. The van der Waals surface area contributed by atoms with Gasteiger partial charge in [-0.3, -0.25) is 4.79 Å². The zero-order valence-corrected chi connectivity index (χ0v) is 20.9. The van der Waals surface area contributed by atoms with E-state index < -0.39 is 39.6 Å². The van der Waals surface area contributed by atoms with Crippen molar-refractivity contribution in [3.63, 3.8) is 0 Å². The van der Waals surface area contributed by atoms with E-state index in [9.17, 15) is 31.5 Å². The summed E-state index contributed by atoms with van der Waals surface area (Å²) in [7, 11) is -3.42. The van der Waals surface area contributed by atoms with Gasteiger partial charge in [0.25, 0.3) is 5.91 Å². The summed E-state index contributed by atoms with van der Waals surface area (Å²) in [5.74, 6) is -0.602. The standard InChI is InChI=1S/C24H24ClF3N2O4S/c1-13-20(23(32)29-17-6-8-18(9-7-17)35(4,33)34)12-30(14(2)15(3)31)22(13)19-10-5-16(25)11-21(19)24(26,27)28/h5-12,14-15,31H,1-4H3,(H,29,32). The van der Waals surface area contributed by atoms with Crippen LogP contribution in [-0.4, -0.2) is 36.4 Å². The molecule has 0 spiro atoms. The highest BCUT2D eigenvalue weighted by Crippen LogP contribution is 2.42. The van der Waals surface area contributed by atoms with Gasteiger partial charge in [0, 0.05) is 28.7 Å². The van der Waals surface area contributed by atoms with Crippen molar-refractivity contribution in [2.45, 2.75) is 44.0 Å². The normalized spacial score (nSPS) is 14.0. The summed E-state index contributed by atoms with van der Waals surface area (Å²) in [6.07, 6.45) is -3.18. The Morgan fingerprint density at radius 1 is 1.11 bits per heavy atom. The number of aliphatic hydroxyl groups excluding tert-OH is 1. The van der Waals surface area contributed by atoms with Crippen LogP contribution in [0.2, 0.25) is 5.02 Å². The molecule has 3 aromatic rings. The number of alkyl halides is 3. The van der Waals surface area contributed by atoms with Gasteiger partial charge in [-0.25, -0.2) is 8.42 Å². The predicted molar refractivity (Wildman–Crippen MR) is 129 cm³/mol. The number of aromatic nitrogens is 1. The Morgan fingerprint density at radius 3 is 2.23 bits per heavy atom. The quantitative estimate of drug-likeness (QED) is 0.427. The van der Waals surface area contributed by atoms with Crippen molar-refractivity contribution in [3.05, 3.63) is 70.4 Å². The van der Waals surface area contributed by atoms with E-state index in [4.69, 9.17) is 11.6 Å². The molecule has 35 heavy (non-hydrogen) atoms. The van der Waals surface area contributed by atoms with E-state index in [2.05, 4.69) is 5.32 Å². The van der Waals surface area contributed by atoms with Gasteiger partial charge in [0.1, 0.15) is 0 Å². The van der Waals surface area contributed by atoms with Gasteiger partial charge >= 0.3 is 6.18 Å². The molecule has 1 aromatic heterocycles. The number of nitrogens with one attached hydrogen (secondary N) is 1. The molecule has 0 aliphatic rings. The number of rotatable bonds is 6. The minimum atomic E-state index is -4.71. The molecular weight excluding hydrogens is 505 g/mol. The number of nitrogens with zero attached hydrogens (tertiary/aromatic N) is 1. The molecule has 11 heteroatoms.